The highest BCUT2D eigenvalue weighted by atomic mass is 79.9. The molecule has 20 heavy (non-hydrogen) atoms. The van der Waals surface area contributed by atoms with Crippen LogP contribution in [0.15, 0.2) is 47.2 Å². The van der Waals surface area contributed by atoms with Gasteiger partial charge in [-0.2, -0.15) is 13.2 Å². The highest BCUT2D eigenvalue weighted by molar-refractivity contribution is 9.10. The van der Waals surface area contributed by atoms with Crippen molar-refractivity contribution in [2.75, 3.05) is 0 Å². The molecule has 0 aliphatic rings. The maximum Gasteiger partial charge on any atom is 0.416 e. The molecule has 0 fully saturated rings. The number of hydrogen-bond donors (Lipinski definition) is 2. The molecular formula is C13H11BrF3N3. The van der Waals surface area contributed by atoms with Crippen molar-refractivity contribution in [1.82, 2.24) is 10.4 Å². The average Bonchev–Trinajstić information content (AvgIpc) is 2.39. The first-order valence-electron chi connectivity index (χ1n) is 5.66. The number of alkyl halides is 3. The van der Waals surface area contributed by atoms with Gasteiger partial charge < -0.3 is 0 Å². The largest absolute Gasteiger partial charge is 0.416 e. The Hall–Kier alpha value is -1.44. The minimum atomic E-state index is -4.46. The van der Waals surface area contributed by atoms with Crippen LogP contribution in [0.1, 0.15) is 22.7 Å². The number of aromatic nitrogens is 1. The van der Waals surface area contributed by atoms with Crippen molar-refractivity contribution in [2.45, 2.75) is 12.2 Å². The lowest BCUT2D eigenvalue weighted by atomic mass is 9.96. The van der Waals surface area contributed by atoms with Gasteiger partial charge in [0.2, 0.25) is 0 Å². The zero-order chi connectivity index (χ0) is 14.8. The number of benzene rings is 1. The van der Waals surface area contributed by atoms with Gasteiger partial charge >= 0.3 is 6.18 Å². The van der Waals surface area contributed by atoms with E-state index in [1.54, 1.807) is 24.3 Å². The first kappa shape index (κ1) is 15.0. The molecule has 3 N–H and O–H groups in total. The lowest BCUT2D eigenvalue weighted by Gasteiger charge is -2.21. The summed E-state index contributed by atoms with van der Waals surface area (Å²) in [4.78, 5) is 3.77. The van der Waals surface area contributed by atoms with Crippen LogP contribution in [0.4, 0.5) is 13.2 Å². The van der Waals surface area contributed by atoms with Crippen molar-refractivity contribution in [3.05, 3.63) is 63.9 Å². The van der Waals surface area contributed by atoms with Crippen molar-refractivity contribution in [3.63, 3.8) is 0 Å². The van der Waals surface area contributed by atoms with Crippen LogP contribution in [-0.2, 0) is 6.18 Å². The number of halogens is 4. The van der Waals surface area contributed by atoms with Gasteiger partial charge in [-0.25, -0.2) is 5.43 Å². The number of hydrazine groups is 1. The quantitative estimate of drug-likeness (QED) is 0.662. The van der Waals surface area contributed by atoms with Crippen molar-refractivity contribution >= 4 is 15.9 Å². The van der Waals surface area contributed by atoms with Crippen LogP contribution < -0.4 is 11.3 Å². The van der Waals surface area contributed by atoms with Crippen LogP contribution in [-0.4, -0.2) is 4.98 Å². The molecule has 0 radical (unpaired) electrons. The molecule has 7 heteroatoms. The predicted octanol–water partition coefficient (Wildman–Crippen LogP) is 3.42. The summed E-state index contributed by atoms with van der Waals surface area (Å²) in [6.45, 7) is 0. The molecule has 0 saturated carbocycles. The number of rotatable bonds is 3. The fourth-order valence-corrected chi connectivity index (χ4v) is 2.36. The Morgan fingerprint density at radius 1 is 1.25 bits per heavy atom. The number of hydrogen-bond acceptors (Lipinski definition) is 3. The second-order valence-electron chi connectivity index (χ2n) is 4.12. The second-order valence-corrected chi connectivity index (χ2v) is 5.03. The van der Waals surface area contributed by atoms with Crippen molar-refractivity contribution < 1.29 is 13.2 Å². The van der Waals surface area contributed by atoms with Gasteiger partial charge in [0.15, 0.2) is 0 Å². The van der Waals surface area contributed by atoms with Crippen LogP contribution >= 0.6 is 15.9 Å². The zero-order valence-electron chi connectivity index (χ0n) is 10.2. The Balaban J connectivity index is 2.53. The molecule has 0 amide bonds. The zero-order valence-corrected chi connectivity index (χ0v) is 11.7. The van der Waals surface area contributed by atoms with E-state index in [1.807, 2.05) is 0 Å². The number of nitrogens with zero attached hydrogens (tertiary/aromatic N) is 1. The monoisotopic (exact) mass is 345 g/mol. The maximum atomic E-state index is 13.0. The molecule has 1 aromatic carbocycles. The van der Waals surface area contributed by atoms with Crippen LogP contribution in [0.3, 0.4) is 0 Å². The van der Waals surface area contributed by atoms with Gasteiger partial charge in [-0.15, -0.1) is 0 Å². The fourth-order valence-electron chi connectivity index (χ4n) is 1.95. The van der Waals surface area contributed by atoms with Gasteiger partial charge in [-0.3, -0.25) is 10.8 Å². The van der Waals surface area contributed by atoms with E-state index in [1.165, 1.54) is 6.20 Å². The van der Waals surface area contributed by atoms with Crippen molar-refractivity contribution in [2.24, 2.45) is 5.84 Å². The second kappa shape index (κ2) is 5.90. The van der Waals surface area contributed by atoms with Crippen LogP contribution in [0.2, 0.25) is 0 Å². The molecule has 0 aliphatic heterocycles. The highest BCUT2D eigenvalue weighted by Crippen LogP contribution is 2.36. The van der Waals surface area contributed by atoms with E-state index in [-0.39, 0.29) is 5.56 Å². The summed E-state index contributed by atoms with van der Waals surface area (Å²) in [6, 6.07) is 7.06. The Kier molecular flexibility index (Phi) is 4.42. The standard InChI is InChI=1S/C13H11BrF3N3/c14-9-3-1-2-8(6-9)12(20-18)10-7-19-5-4-11(10)13(15,16)17/h1-7,12,20H,18H2. The van der Waals surface area contributed by atoms with E-state index in [0.29, 0.717) is 5.56 Å². The Morgan fingerprint density at radius 3 is 2.60 bits per heavy atom. The van der Waals surface area contributed by atoms with E-state index in [9.17, 15) is 13.2 Å². The van der Waals surface area contributed by atoms with Gasteiger partial charge in [-0.05, 0) is 23.8 Å². The summed E-state index contributed by atoms with van der Waals surface area (Å²) in [5.74, 6) is 5.44. The third-order valence-corrected chi connectivity index (χ3v) is 3.31. The van der Waals surface area contributed by atoms with E-state index in [4.69, 9.17) is 5.84 Å². The summed E-state index contributed by atoms with van der Waals surface area (Å²) in [6.07, 6.45) is -2.17. The van der Waals surface area contributed by atoms with Crippen LogP contribution in [0.25, 0.3) is 0 Å². The van der Waals surface area contributed by atoms with E-state index < -0.39 is 17.8 Å². The Morgan fingerprint density at radius 2 is 2.00 bits per heavy atom. The van der Waals surface area contributed by atoms with Gasteiger partial charge in [0.1, 0.15) is 0 Å². The molecule has 1 unspecified atom stereocenters. The van der Waals surface area contributed by atoms with E-state index in [2.05, 4.69) is 26.3 Å². The number of nitrogens with two attached hydrogens (primary N) is 1. The third kappa shape index (κ3) is 3.17. The smallest absolute Gasteiger partial charge is 0.271 e. The van der Waals surface area contributed by atoms with Gasteiger partial charge in [0.05, 0.1) is 11.6 Å². The number of pyridine rings is 1. The van der Waals surface area contributed by atoms with Crippen LogP contribution in [0, 0.1) is 0 Å². The summed E-state index contributed by atoms with van der Waals surface area (Å²) in [7, 11) is 0. The molecule has 1 atom stereocenters. The van der Waals surface area contributed by atoms with Crippen LogP contribution in [0.5, 0.6) is 0 Å². The van der Waals surface area contributed by atoms with Crippen molar-refractivity contribution in [3.8, 4) is 0 Å². The molecule has 1 heterocycles. The minimum Gasteiger partial charge on any atom is -0.271 e. The molecule has 1 aromatic heterocycles. The molecular weight excluding hydrogens is 335 g/mol. The topological polar surface area (TPSA) is 50.9 Å². The molecule has 2 aromatic rings. The maximum absolute atomic E-state index is 13.0. The minimum absolute atomic E-state index is 0.0133. The molecule has 3 nitrogen and oxygen atoms in total. The summed E-state index contributed by atoms with van der Waals surface area (Å²) >= 11 is 3.28. The Labute approximate surface area is 122 Å². The van der Waals surface area contributed by atoms with Gasteiger partial charge in [0.25, 0.3) is 0 Å². The van der Waals surface area contributed by atoms with Gasteiger partial charge in [0, 0.05) is 22.4 Å². The lowest BCUT2D eigenvalue weighted by Crippen LogP contribution is -2.30. The predicted molar refractivity (Wildman–Crippen MR) is 72.5 cm³/mol. The normalized spacial score (nSPS) is 13.2. The van der Waals surface area contributed by atoms with Gasteiger partial charge in [-0.1, -0.05) is 28.1 Å². The number of nitrogens with one attached hydrogen (secondary N) is 1. The molecule has 106 valence electrons. The van der Waals surface area contributed by atoms with E-state index in [0.717, 1.165) is 16.7 Å². The lowest BCUT2D eigenvalue weighted by molar-refractivity contribution is -0.138. The highest BCUT2D eigenvalue weighted by Gasteiger charge is 2.35. The first-order chi connectivity index (χ1) is 9.43. The molecule has 0 saturated heterocycles. The summed E-state index contributed by atoms with van der Waals surface area (Å²) in [5, 5.41) is 0. The first-order valence-corrected chi connectivity index (χ1v) is 6.45. The SMILES string of the molecule is NNC(c1cccc(Br)c1)c1cnccc1C(F)(F)F. The molecule has 0 bridgehead atoms. The Bertz CT molecular complexity index is 601. The molecule has 0 spiro atoms. The summed E-state index contributed by atoms with van der Waals surface area (Å²) in [5.41, 5.74) is 2.26. The average molecular weight is 346 g/mol. The van der Waals surface area contributed by atoms with Crippen molar-refractivity contribution in [1.29, 1.82) is 0 Å². The fraction of sp³-hybridized carbons (Fsp3) is 0.154. The summed E-state index contributed by atoms with van der Waals surface area (Å²) < 4.78 is 39.9. The molecule has 0 aliphatic carbocycles. The molecule has 2 rings (SSSR count). The van der Waals surface area contributed by atoms with E-state index >= 15 is 0 Å². The third-order valence-electron chi connectivity index (χ3n) is 2.82.